The van der Waals surface area contributed by atoms with E-state index >= 15 is 0 Å². The molecule has 18 rings (SSSR count). The van der Waals surface area contributed by atoms with Crippen molar-refractivity contribution in [3.63, 3.8) is 0 Å². The number of thiophene rings is 1. The van der Waals surface area contributed by atoms with Crippen LogP contribution in [0.15, 0.2) is 321 Å². The van der Waals surface area contributed by atoms with Gasteiger partial charge in [0.1, 0.15) is 0 Å². The Bertz CT molecular complexity index is 5420. The van der Waals surface area contributed by atoms with Crippen LogP contribution < -0.4 is 4.90 Å². The molecule has 0 bridgehead atoms. The fraction of sp³-hybridized carbons (Fsp3) is 0.0361. The maximum Gasteiger partial charge on any atom is 0.235 e. The van der Waals surface area contributed by atoms with Crippen LogP contribution in [-0.4, -0.2) is 14.5 Å². The van der Waals surface area contributed by atoms with Crippen molar-refractivity contribution in [3.05, 3.63) is 343 Å². The van der Waals surface area contributed by atoms with Gasteiger partial charge in [0.2, 0.25) is 5.95 Å². The van der Waals surface area contributed by atoms with Gasteiger partial charge >= 0.3 is 0 Å². The SMILES string of the molecule is C1=C(N(c2ccc(-c3ccccc3)cc2)c2cccc3c2sc2c3c3ccccc3c3c2c2c4ccccc4c4ccccc4c2n3-c2nc(-c3ccccc3)cc(-c3ccccc3)n2)C=C2C(C1)c1ccccc1C2(c1ccccc1)c1ccccc1. The van der Waals surface area contributed by atoms with E-state index in [1.165, 1.54) is 91.4 Å². The highest BCUT2D eigenvalue weighted by Crippen LogP contribution is 2.61. The molecule has 5 heteroatoms. The van der Waals surface area contributed by atoms with Crippen molar-refractivity contribution in [2.75, 3.05) is 4.90 Å². The lowest BCUT2D eigenvalue weighted by molar-refractivity contribution is 0.688. The summed E-state index contributed by atoms with van der Waals surface area (Å²) in [6.07, 6.45) is 5.93. The highest BCUT2D eigenvalue weighted by molar-refractivity contribution is 7.27. The van der Waals surface area contributed by atoms with Crippen molar-refractivity contribution < 1.29 is 0 Å². The van der Waals surface area contributed by atoms with Gasteiger partial charge in [0, 0.05) is 65.4 Å². The van der Waals surface area contributed by atoms with Gasteiger partial charge in [-0.1, -0.05) is 279 Å². The summed E-state index contributed by atoms with van der Waals surface area (Å²) >= 11 is 1.92. The van der Waals surface area contributed by atoms with E-state index in [4.69, 9.17) is 9.97 Å². The Morgan fingerprint density at radius 1 is 0.398 bits per heavy atom. The zero-order chi connectivity index (χ0) is 57.9. The number of fused-ring (bicyclic) bond motifs is 18. The maximum absolute atomic E-state index is 5.66. The highest BCUT2D eigenvalue weighted by Gasteiger charge is 2.51. The van der Waals surface area contributed by atoms with Crippen molar-refractivity contribution in [1.82, 2.24) is 14.5 Å². The van der Waals surface area contributed by atoms with E-state index in [1.54, 1.807) is 0 Å². The van der Waals surface area contributed by atoms with Gasteiger partial charge in [-0.25, -0.2) is 9.97 Å². The lowest BCUT2D eigenvalue weighted by Gasteiger charge is -2.38. The van der Waals surface area contributed by atoms with E-state index in [9.17, 15) is 0 Å². The van der Waals surface area contributed by atoms with E-state index in [1.807, 2.05) is 11.3 Å². The van der Waals surface area contributed by atoms with Crippen LogP contribution in [0.3, 0.4) is 0 Å². The molecule has 0 saturated heterocycles. The summed E-state index contributed by atoms with van der Waals surface area (Å²) in [6, 6.07) is 109. The van der Waals surface area contributed by atoms with Crippen LogP contribution in [0.1, 0.15) is 34.6 Å². The van der Waals surface area contributed by atoms with Gasteiger partial charge in [0.15, 0.2) is 0 Å². The van der Waals surface area contributed by atoms with Gasteiger partial charge in [-0.3, -0.25) is 4.57 Å². The summed E-state index contributed by atoms with van der Waals surface area (Å²) in [5.74, 6) is 0.815. The van der Waals surface area contributed by atoms with Crippen molar-refractivity contribution in [2.45, 2.75) is 17.8 Å². The van der Waals surface area contributed by atoms with Crippen LogP contribution in [0.5, 0.6) is 0 Å². The van der Waals surface area contributed by atoms with Gasteiger partial charge in [0.05, 0.1) is 38.2 Å². The number of hydrogen-bond acceptors (Lipinski definition) is 4. The molecular weight excluding hydrogens is 1090 g/mol. The lowest BCUT2D eigenvalue weighted by atomic mass is 9.66. The van der Waals surface area contributed by atoms with Gasteiger partial charge in [-0.05, 0) is 97.3 Å². The van der Waals surface area contributed by atoms with Gasteiger partial charge < -0.3 is 4.90 Å². The molecule has 0 saturated carbocycles. The second-order valence-electron chi connectivity index (χ2n) is 23.4. The van der Waals surface area contributed by atoms with Gasteiger partial charge in [0.25, 0.3) is 0 Å². The van der Waals surface area contributed by atoms with Gasteiger partial charge in [-0.2, -0.15) is 0 Å². The summed E-state index contributed by atoms with van der Waals surface area (Å²) in [7, 11) is 0. The molecule has 3 heterocycles. The molecule has 3 aromatic heterocycles. The normalized spacial score (nSPS) is 14.4. The topological polar surface area (TPSA) is 34.0 Å². The third kappa shape index (κ3) is 7.51. The molecule has 0 N–H and O–H groups in total. The Hall–Kier alpha value is -11.0. The van der Waals surface area contributed by atoms with Crippen molar-refractivity contribution in [3.8, 4) is 39.6 Å². The van der Waals surface area contributed by atoms with Crippen LogP contribution in [0.2, 0.25) is 0 Å². The van der Waals surface area contributed by atoms with E-state index in [2.05, 4.69) is 319 Å². The fourth-order valence-corrected chi connectivity index (χ4v) is 16.5. The summed E-state index contributed by atoms with van der Waals surface area (Å²) in [6.45, 7) is 0. The van der Waals surface area contributed by atoms with Crippen LogP contribution in [0.4, 0.5) is 11.4 Å². The monoisotopic (exact) mass is 1140 g/mol. The molecule has 1 atom stereocenters. The average Bonchev–Trinajstić information content (AvgIpc) is 1.54. The third-order valence-corrected chi connectivity index (χ3v) is 20.1. The summed E-state index contributed by atoms with van der Waals surface area (Å²) in [5, 5.41) is 12.0. The molecule has 2 aliphatic rings. The van der Waals surface area contributed by atoms with Crippen molar-refractivity contribution in [1.29, 1.82) is 0 Å². The van der Waals surface area contributed by atoms with Gasteiger partial charge in [-0.15, -0.1) is 11.3 Å². The zero-order valence-corrected chi connectivity index (χ0v) is 48.7. The number of anilines is 2. The standard InChI is InChI=1S/C83H54N4S/c1-6-25-53(26-7-1)54-45-47-59(48-46-54)86(60-49-50-64-63-37-22-23-43-70(63)83(71(64)51-60,57-31-12-4-13-32-57)58-33-14-5-15-34-58)74-44-24-42-69-75-66-39-19-21-41-68(66)79-77(81(75)88-80(69)74)76-65-38-18-16-35-61(65)62-36-17-20-40-67(62)78(76)87(79)82-84-72(55-27-8-2-9-28-55)52-73(85-82)56-29-10-3-11-30-56/h1-49,51-52,64H,50H2. The van der Waals surface area contributed by atoms with Crippen LogP contribution in [-0.2, 0) is 5.41 Å². The molecule has 13 aromatic carbocycles. The molecule has 0 radical (unpaired) electrons. The number of aromatic nitrogens is 3. The molecule has 412 valence electrons. The average molecular weight is 1140 g/mol. The molecular formula is C83H54N4S. The Morgan fingerprint density at radius 2 is 0.875 bits per heavy atom. The number of hydrogen-bond donors (Lipinski definition) is 0. The smallest absolute Gasteiger partial charge is 0.235 e. The maximum atomic E-state index is 5.66. The predicted octanol–water partition coefficient (Wildman–Crippen LogP) is 21.9. The van der Waals surface area contributed by atoms with Crippen LogP contribution in [0, 0.1) is 0 Å². The van der Waals surface area contributed by atoms with Crippen LogP contribution in [0.25, 0.3) is 114 Å². The summed E-state index contributed by atoms with van der Waals surface area (Å²) in [4.78, 5) is 13.9. The molecule has 2 aliphatic carbocycles. The van der Waals surface area contributed by atoms with E-state index in [0.717, 1.165) is 67.8 Å². The second-order valence-corrected chi connectivity index (χ2v) is 24.4. The number of benzene rings is 13. The largest absolute Gasteiger partial charge is 0.309 e. The molecule has 88 heavy (non-hydrogen) atoms. The minimum atomic E-state index is -0.520. The molecule has 0 fully saturated rings. The Morgan fingerprint density at radius 3 is 1.50 bits per heavy atom. The summed E-state index contributed by atoms with van der Waals surface area (Å²) < 4.78 is 4.87. The highest BCUT2D eigenvalue weighted by atomic mass is 32.1. The summed E-state index contributed by atoms with van der Waals surface area (Å²) in [5.41, 5.74) is 17.9. The molecule has 4 nitrogen and oxygen atoms in total. The fourth-order valence-electron chi connectivity index (χ4n) is 15.2. The first kappa shape index (κ1) is 50.4. The van der Waals surface area contributed by atoms with Crippen molar-refractivity contribution in [2.24, 2.45) is 0 Å². The molecule has 16 aromatic rings. The second kappa shape index (κ2) is 20.1. The van der Waals surface area contributed by atoms with E-state index in [0.29, 0.717) is 5.95 Å². The zero-order valence-electron chi connectivity index (χ0n) is 47.9. The first-order chi connectivity index (χ1) is 43.7. The Labute approximate surface area is 513 Å². The minimum Gasteiger partial charge on any atom is -0.309 e. The number of rotatable bonds is 9. The molecule has 0 aliphatic heterocycles. The quantitative estimate of drug-likeness (QED) is 0.135. The predicted molar refractivity (Wildman–Crippen MR) is 369 cm³/mol. The molecule has 1 unspecified atom stereocenters. The van der Waals surface area contributed by atoms with Crippen molar-refractivity contribution >= 4 is 97.0 Å². The molecule has 0 amide bonds. The Balaban J connectivity index is 0.955. The van der Waals surface area contributed by atoms with E-state index in [-0.39, 0.29) is 5.92 Å². The first-order valence-corrected chi connectivity index (χ1v) is 31.2. The lowest BCUT2D eigenvalue weighted by Crippen LogP contribution is -2.31. The van der Waals surface area contributed by atoms with Crippen LogP contribution >= 0.6 is 11.3 Å². The molecule has 0 spiro atoms. The third-order valence-electron chi connectivity index (χ3n) is 18.8. The number of nitrogens with zero attached hydrogens (tertiary/aromatic N) is 4. The first-order valence-electron chi connectivity index (χ1n) is 30.4. The van der Waals surface area contributed by atoms with E-state index < -0.39 is 5.41 Å². The minimum absolute atomic E-state index is 0.187. The number of allylic oxidation sites excluding steroid dienone is 3. The Kier molecular flexibility index (Phi) is 11.5.